The van der Waals surface area contributed by atoms with Gasteiger partial charge in [-0.2, -0.15) is 11.8 Å². The first-order valence-electron chi connectivity index (χ1n) is 7.06. The van der Waals surface area contributed by atoms with Crippen molar-refractivity contribution in [3.05, 3.63) is 35.6 Å². The van der Waals surface area contributed by atoms with Crippen molar-refractivity contribution in [3.63, 3.8) is 0 Å². The third kappa shape index (κ3) is 5.13. The fourth-order valence-electron chi connectivity index (χ4n) is 2.18. The maximum absolute atomic E-state index is 12.8. The largest absolute Gasteiger partial charge is 0.341 e. The first-order chi connectivity index (χ1) is 9.75. The summed E-state index contributed by atoms with van der Waals surface area (Å²) in [4.78, 5) is 14.0. The lowest BCUT2D eigenvalue weighted by molar-refractivity contribution is -0.130. The SMILES string of the molecule is O=C(CCSCc1ccc(F)cc1)N1CCCNCC1. The molecule has 110 valence electrons. The van der Waals surface area contributed by atoms with E-state index in [0.29, 0.717) is 6.42 Å². The van der Waals surface area contributed by atoms with Crippen molar-refractivity contribution in [2.75, 3.05) is 31.9 Å². The molecule has 0 aliphatic carbocycles. The van der Waals surface area contributed by atoms with Crippen molar-refractivity contribution in [1.29, 1.82) is 0 Å². The van der Waals surface area contributed by atoms with E-state index < -0.39 is 0 Å². The number of carbonyl (C=O) groups excluding carboxylic acids is 1. The van der Waals surface area contributed by atoms with Gasteiger partial charge in [-0.1, -0.05) is 12.1 Å². The fraction of sp³-hybridized carbons (Fsp3) is 0.533. The lowest BCUT2D eigenvalue weighted by Gasteiger charge is -2.19. The molecule has 0 atom stereocenters. The van der Waals surface area contributed by atoms with Crippen molar-refractivity contribution in [2.45, 2.75) is 18.6 Å². The summed E-state index contributed by atoms with van der Waals surface area (Å²) in [6.45, 7) is 3.59. The average Bonchev–Trinajstić information content (AvgIpc) is 2.74. The number of nitrogens with zero attached hydrogens (tertiary/aromatic N) is 1. The topological polar surface area (TPSA) is 32.3 Å². The minimum atomic E-state index is -0.205. The minimum absolute atomic E-state index is 0.205. The smallest absolute Gasteiger partial charge is 0.223 e. The molecule has 1 aliphatic heterocycles. The number of nitrogens with one attached hydrogen (secondary N) is 1. The van der Waals surface area contributed by atoms with Gasteiger partial charge in [0.05, 0.1) is 0 Å². The second-order valence-electron chi connectivity index (χ2n) is 4.91. The van der Waals surface area contributed by atoms with Gasteiger partial charge in [-0.15, -0.1) is 0 Å². The molecular formula is C15H21FN2OS. The lowest BCUT2D eigenvalue weighted by Crippen LogP contribution is -2.34. The second kappa shape index (κ2) is 8.27. The van der Waals surface area contributed by atoms with Gasteiger partial charge in [-0.25, -0.2) is 4.39 Å². The van der Waals surface area contributed by atoms with Crippen LogP contribution in [-0.4, -0.2) is 42.7 Å². The van der Waals surface area contributed by atoms with Crippen molar-refractivity contribution in [2.24, 2.45) is 0 Å². The summed E-state index contributed by atoms with van der Waals surface area (Å²) >= 11 is 1.72. The third-order valence-electron chi connectivity index (χ3n) is 3.34. The minimum Gasteiger partial charge on any atom is -0.341 e. The van der Waals surface area contributed by atoms with Crippen LogP contribution < -0.4 is 5.32 Å². The molecule has 1 N–H and O–H groups in total. The van der Waals surface area contributed by atoms with Crippen LogP contribution in [0.1, 0.15) is 18.4 Å². The van der Waals surface area contributed by atoms with Gasteiger partial charge < -0.3 is 10.2 Å². The standard InChI is InChI=1S/C15H21FN2OS/c16-14-4-2-13(3-5-14)12-20-11-6-15(19)18-9-1-7-17-8-10-18/h2-5,17H,1,6-12H2. The van der Waals surface area contributed by atoms with Crippen LogP contribution in [0.3, 0.4) is 0 Å². The van der Waals surface area contributed by atoms with Gasteiger partial charge in [0.2, 0.25) is 5.91 Å². The highest BCUT2D eigenvalue weighted by Gasteiger charge is 2.14. The van der Waals surface area contributed by atoms with E-state index in [2.05, 4.69) is 5.32 Å². The van der Waals surface area contributed by atoms with E-state index in [4.69, 9.17) is 0 Å². The van der Waals surface area contributed by atoms with E-state index in [1.54, 1.807) is 23.9 Å². The Hall–Kier alpha value is -1.07. The van der Waals surface area contributed by atoms with Crippen LogP contribution in [0, 0.1) is 5.82 Å². The number of amides is 1. The summed E-state index contributed by atoms with van der Waals surface area (Å²) in [7, 11) is 0. The fourth-order valence-corrected chi connectivity index (χ4v) is 3.07. The summed E-state index contributed by atoms with van der Waals surface area (Å²) < 4.78 is 12.8. The zero-order valence-electron chi connectivity index (χ0n) is 11.6. The molecule has 0 bridgehead atoms. The summed E-state index contributed by atoms with van der Waals surface area (Å²) in [5.41, 5.74) is 1.10. The lowest BCUT2D eigenvalue weighted by atomic mass is 10.2. The molecule has 1 saturated heterocycles. The molecule has 1 heterocycles. The van der Waals surface area contributed by atoms with Crippen LogP contribution in [0.5, 0.6) is 0 Å². The van der Waals surface area contributed by atoms with Crippen LogP contribution >= 0.6 is 11.8 Å². The zero-order chi connectivity index (χ0) is 14.2. The molecule has 0 aromatic heterocycles. The van der Waals surface area contributed by atoms with Gasteiger partial charge in [0, 0.05) is 37.6 Å². The van der Waals surface area contributed by atoms with Crippen LogP contribution in [0.2, 0.25) is 0 Å². The molecule has 0 radical (unpaired) electrons. The number of hydrogen-bond donors (Lipinski definition) is 1. The molecule has 20 heavy (non-hydrogen) atoms. The van der Waals surface area contributed by atoms with Crippen LogP contribution in [0.25, 0.3) is 0 Å². The molecule has 2 rings (SSSR count). The summed E-state index contributed by atoms with van der Waals surface area (Å²) in [6.07, 6.45) is 1.63. The van der Waals surface area contributed by atoms with E-state index in [0.717, 1.165) is 49.7 Å². The number of benzene rings is 1. The first kappa shape index (κ1) is 15.3. The third-order valence-corrected chi connectivity index (χ3v) is 4.37. The van der Waals surface area contributed by atoms with Crippen molar-refractivity contribution in [3.8, 4) is 0 Å². The van der Waals surface area contributed by atoms with Crippen LogP contribution in [0.15, 0.2) is 24.3 Å². The van der Waals surface area contributed by atoms with Crippen LogP contribution in [0.4, 0.5) is 4.39 Å². The normalized spacial score (nSPS) is 15.9. The molecule has 3 nitrogen and oxygen atoms in total. The Morgan fingerprint density at radius 3 is 2.85 bits per heavy atom. The van der Waals surface area contributed by atoms with Crippen molar-refractivity contribution < 1.29 is 9.18 Å². The van der Waals surface area contributed by atoms with Crippen LogP contribution in [-0.2, 0) is 10.5 Å². The molecule has 0 spiro atoms. The monoisotopic (exact) mass is 296 g/mol. The Labute approximate surface area is 123 Å². The predicted octanol–water partition coefficient (Wildman–Crippen LogP) is 2.27. The van der Waals surface area contributed by atoms with Crippen molar-refractivity contribution in [1.82, 2.24) is 10.2 Å². The quantitative estimate of drug-likeness (QED) is 0.846. The molecule has 1 aromatic rings. The number of carbonyl (C=O) groups is 1. The Balaban J connectivity index is 1.64. The predicted molar refractivity (Wildman–Crippen MR) is 81.2 cm³/mol. The molecule has 1 amide bonds. The first-order valence-corrected chi connectivity index (χ1v) is 8.22. The van der Waals surface area contributed by atoms with Gasteiger partial charge in [0.25, 0.3) is 0 Å². The van der Waals surface area contributed by atoms with E-state index >= 15 is 0 Å². The van der Waals surface area contributed by atoms with Gasteiger partial charge in [-0.05, 0) is 30.7 Å². The van der Waals surface area contributed by atoms with E-state index in [9.17, 15) is 9.18 Å². The molecular weight excluding hydrogens is 275 g/mol. The number of rotatable bonds is 5. The van der Waals surface area contributed by atoms with Gasteiger partial charge in [0.15, 0.2) is 0 Å². The highest BCUT2D eigenvalue weighted by Crippen LogP contribution is 2.14. The van der Waals surface area contributed by atoms with Gasteiger partial charge in [0.1, 0.15) is 5.82 Å². The maximum atomic E-state index is 12.8. The molecule has 0 unspecified atom stereocenters. The zero-order valence-corrected chi connectivity index (χ0v) is 12.4. The van der Waals surface area contributed by atoms with Gasteiger partial charge in [-0.3, -0.25) is 4.79 Å². The van der Waals surface area contributed by atoms with E-state index in [1.807, 2.05) is 4.90 Å². The molecule has 1 aliphatic rings. The molecule has 0 saturated carbocycles. The van der Waals surface area contributed by atoms with E-state index in [1.165, 1.54) is 12.1 Å². The average molecular weight is 296 g/mol. The summed E-state index contributed by atoms with van der Waals surface area (Å²) in [5.74, 6) is 1.69. The van der Waals surface area contributed by atoms with Crippen molar-refractivity contribution >= 4 is 17.7 Å². The maximum Gasteiger partial charge on any atom is 0.223 e. The number of thioether (sulfide) groups is 1. The number of hydrogen-bond acceptors (Lipinski definition) is 3. The van der Waals surface area contributed by atoms with E-state index in [-0.39, 0.29) is 11.7 Å². The summed E-state index contributed by atoms with van der Waals surface area (Å²) in [6, 6.07) is 6.55. The summed E-state index contributed by atoms with van der Waals surface area (Å²) in [5, 5.41) is 3.30. The Morgan fingerprint density at radius 1 is 1.25 bits per heavy atom. The number of halogens is 1. The Morgan fingerprint density at radius 2 is 2.05 bits per heavy atom. The molecule has 1 fully saturated rings. The Bertz CT molecular complexity index is 416. The highest BCUT2D eigenvalue weighted by molar-refractivity contribution is 7.98. The molecule has 5 heteroatoms. The molecule has 1 aromatic carbocycles. The second-order valence-corrected chi connectivity index (χ2v) is 6.02. The Kier molecular flexibility index (Phi) is 6.33. The highest BCUT2D eigenvalue weighted by atomic mass is 32.2. The van der Waals surface area contributed by atoms with Gasteiger partial charge >= 0.3 is 0 Å².